The van der Waals surface area contributed by atoms with Gasteiger partial charge in [0.2, 0.25) is 5.91 Å². The summed E-state index contributed by atoms with van der Waals surface area (Å²) >= 11 is 3.33. The smallest absolute Gasteiger partial charge is 0.324 e. The standard InChI is InChI=1S/C17H17BrN2O5S/c1-11-9-14(5-8-16(11)18)20(10-17(22)23)26(24,25)15-6-3-13(4-7-15)19-12(2)21/h3-9H,10H2,1-2H3,(H,19,21)(H,22,23). The highest BCUT2D eigenvalue weighted by atomic mass is 79.9. The van der Waals surface area contributed by atoms with E-state index in [9.17, 15) is 18.0 Å². The van der Waals surface area contributed by atoms with Crippen molar-refractivity contribution < 1.29 is 23.1 Å². The number of benzene rings is 2. The predicted molar refractivity (Wildman–Crippen MR) is 102 cm³/mol. The van der Waals surface area contributed by atoms with Crippen molar-refractivity contribution in [2.45, 2.75) is 18.7 Å². The van der Waals surface area contributed by atoms with Gasteiger partial charge in [-0.3, -0.25) is 13.9 Å². The number of hydrogen-bond donors (Lipinski definition) is 2. The maximum Gasteiger partial charge on any atom is 0.324 e. The van der Waals surface area contributed by atoms with Crippen LogP contribution in [0.3, 0.4) is 0 Å². The minimum Gasteiger partial charge on any atom is -0.480 e. The van der Waals surface area contributed by atoms with Crippen LogP contribution >= 0.6 is 15.9 Å². The van der Waals surface area contributed by atoms with Crippen LogP contribution in [0.25, 0.3) is 0 Å². The molecule has 0 aromatic heterocycles. The molecule has 0 unspecified atom stereocenters. The van der Waals surface area contributed by atoms with Gasteiger partial charge in [0.25, 0.3) is 10.0 Å². The molecule has 0 saturated heterocycles. The molecule has 2 N–H and O–H groups in total. The minimum absolute atomic E-state index is 0.0755. The van der Waals surface area contributed by atoms with Crippen LogP contribution in [0, 0.1) is 6.92 Å². The summed E-state index contributed by atoms with van der Waals surface area (Å²) in [6.07, 6.45) is 0. The van der Waals surface area contributed by atoms with E-state index < -0.39 is 22.5 Å². The molecule has 0 heterocycles. The molecule has 0 spiro atoms. The molecule has 0 aliphatic carbocycles. The van der Waals surface area contributed by atoms with Gasteiger partial charge in [-0.1, -0.05) is 15.9 Å². The second-order valence-electron chi connectivity index (χ2n) is 5.54. The zero-order chi connectivity index (χ0) is 19.5. The number of nitrogens with zero attached hydrogens (tertiary/aromatic N) is 1. The van der Waals surface area contributed by atoms with Crippen molar-refractivity contribution in [3.8, 4) is 0 Å². The molecular weight excluding hydrogens is 424 g/mol. The fourth-order valence-electron chi connectivity index (χ4n) is 2.26. The number of hydrogen-bond acceptors (Lipinski definition) is 4. The molecule has 0 fully saturated rings. The fourth-order valence-corrected chi connectivity index (χ4v) is 3.92. The molecular formula is C17H17BrN2O5S. The molecule has 0 saturated carbocycles. The van der Waals surface area contributed by atoms with Crippen LogP contribution in [0.1, 0.15) is 12.5 Å². The number of nitrogens with one attached hydrogen (secondary N) is 1. The summed E-state index contributed by atoms with van der Waals surface area (Å²) in [7, 11) is -4.10. The highest BCUT2D eigenvalue weighted by Crippen LogP contribution is 2.28. The quantitative estimate of drug-likeness (QED) is 0.718. The number of halogens is 1. The second-order valence-corrected chi connectivity index (χ2v) is 8.26. The normalized spacial score (nSPS) is 11.0. The Kier molecular flexibility index (Phi) is 6.04. The molecule has 0 bridgehead atoms. The SMILES string of the molecule is CC(=O)Nc1ccc(S(=O)(=O)N(CC(=O)O)c2ccc(Br)c(C)c2)cc1. The first-order valence-corrected chi connectivity index (χ1v) is 9.73. The largest absolute Gasteiger partial charge is 0.480 e. The van der Waals surface area contributed by atoms with Gasteiger partial charge < -0.3 is 10.4 Å². The Balaban J connectivity index is 2.46. The van der Waals surface area contributed by atoms with Crippen LogP contribution in [-0.4, -0.2) is 31.9 Å². The Morgan fingerprint density at radius 3 is 2.27 bits per heavy atom. The Morgan fingerprint density at radius 2 is 1.77 bits per heavy atom. The summed E-state index contributed by atoms with van der Waals surface area (Å²) in [5.74, 6) is -1.55. The van der Waals surface area contributed by atoms with Crippen molar-refractivity contribution in [2.24, 2.45) is 0 Å². The van der Waals surface area contributed by atoms with Gasteiger partial charge in [0, 0.05) is 17.1 Å². The van der Waals surface area contributed by atoms with E-state index in [0.29, 0.717) is 5.69 Å². The first kappa shape index (κ1) is 19.9. The van der Waals surface area contributed by atoms with Crippen LogP contribution < -0.4 is 9.62 Å². The maximum atomic E-state index is 13.0. The molecule has 26 heavy (non-hydrogen) atoms. The minimum atomic E-state index is -4.10. The zero-order valence-electron chi connectivity index (χ0n) is 14.1. The van der Waals surface area contributed by atoms with E-state index in [1.165, 1.54) is 37.3 Å². The molecule has 2 rings (SSSR count). The van der Waals surface area contributed by atoms with E-state index in [-0.39, 0.29) is 16.5 Å². The Bertz CT molecular complexity index is 942. The van der Waals surface area contributed by atoms with Gasteiger partial charge in [-0.05, 0) is 55.0 Å². The summed E-state index contributed by atoms with van der Waals surface area (Å²) < 4.78 is 27.5. The van der Waals surface area contributed by atoms with Gasteiger partial charge in [-0.25, -0.2) is 8.42 Å². The number of carbonyl (C=O) groups excluding carboxylic acids is 1. The van der Waals surface area contributed by atoms with Crippen LogP contribution in [0.15, 0.2) is 51.8 Å². The Morgan fingerprint density at radius 1 is 1.15 bits per heavy atom. The van der Waals surface area contributed by atoms with E-state index in [1.54, 1.807) is 19.1 Å². The lowest BCUT2D eigenvalue weighted by molar-refractivity contribution is -0.135. The van der Waals surface area contributed by atoms with Gasteiger partial charge in [0.15, 0.2) is 0 Å². The molecule has 138 valence electrons. The average molecular weight is 441 g/mol. The number of amides is 1. The number of sulfonamides is 1. The number of carbonyl (C=O) groups is 2. The molecule has 7 nitrogen and oxygen atoms in total. The van der Waals surface area contributed by atoms with Gasteiger partial charge in [-0.15, -0.1) is 0 Å². The average Bonchev–Trinajstić information content (AvgIpc) is 2.55. The number of carboxylic acid groups (broad SMARTS) is 1. The van der Waals surface area contributed by atoms with Gasteiger partial charge >= 0.3 is 5.97 Å². The Hall–Kier alpha value is -2.39. The lowest BCUT2D eigenvalue weighted by atomic mass is 10.2. The summed E-state index contributed by atoms with van der Waals surface area (Å²) in [6, 6.07) is 10.3. The first-order valence-electron chi connectivity index (χ1n) is 7.49. The molecule has 0 radical (unpaired) electrons. The van der Waals surface area contributed by atoms with E-state index in [2.05, 4.69) is 21.2 Å². The number of aryl methyl sites for hydroxylation is 1. The van der Waals surface area contributed by atoms with Crippen molar-refractivity contribution in [1.29, 1.82) is 0 Å². The van der Waals surface area contributed by atoms with Crippen LogP contribution in [0.5, 0.6) is 0 Å². The molecule has 2 aromatic carbocycles. The van der Waals surface area contributed by atoms with E-state index in [1.807, 2.05) is 0 Å². The van der Waals surface area contributed by atoms with Crippen molar-refractivity contribution in [3.05, 3.63) is 52.5 Å². The third kappa shape index (κ3) is 4.61. The lowest BCUT2D eigenvalue weighted by Gasteiger charge is -2.23. The molecule has 0 atom stereocenters. The highest BCUT2D eigenvalue weighted by Gasteiger charge is 2.27. The van der Waals surface area contributed by atoms with Crippen LogP contribution in [-0.2, 0) is 19.6 Å². The van der Waals surface area contributed by atoms with Crippen molar-refractivity contribution in [2.75, 3.05) is 16.2 Å². The lowest BCUT2D eigenvalue weighted by Crippen LogP contribution is -2.35. The first-order chi connectivity index (χ1) is 12.1. The van der Waals surface area contributed by atoms with Gasteiger partial charge in [0.05, 0.1) is 10.6 Å². The van der Waals surface area contributed by atoms with Crippen LogP contribution in [0.2, 0.25) is 0 Å². The third-order valence-electron chi connectivity index (χ3n) is 3.47. The van der Waals surface area contributed by atoms with E-state index >= 15 is 0 Å². The second kappa shape index (κ2) is 7.88. The molecule has 9 heteroatoms. The van der Waals surface area contributed by atoms with Crippen LogP contribution in [0.4, 0.5) is 11.4 Å². The predicted octanol–water partition coefficient (Wildman–Crippen LogP) is 3.00. The molecule has 2 aromatic rings. The number of carboxylic acids is 1. The molecule has 0 aliphatic heterocycles. The van der Waals surface area contributed by atoms with E-state index in [4.69, 9.17) is 5.11 Å². The molecule has 0 aliphatic rings. The number of rotatable bonds is 6. The summed E-state index contributed by atoms with van der Waals surface area (Å²) in [5.41, 5.74) is 1.47. The monoisotopic (exact) mass is 440 g/mol. The zero-order valence-corrected chi connectivity index (χ0v) is 16.5. The van der Waals surface area contributed by atoms with E-state index in [0.717, 1.165) is 14.3 Å². The van der Waals surface area contributed by atoms with Crippen molar-refractivity contribution >= 4 is 49.2 Å². The maximum absolute atomic E-state index is 13.0. The fraction of sp³-hybridized carbons (Fsp3) is 0.176. The Labute approximate surface area is 159 Å². The summed E-state index contributed by atoms with van der Waals surface area (Å²) in [5, 5.41) is 11.7. The number of aliphatic carboxylic acids is 1. The van der Waals surface area contributed by atoms with Gasteiger partial charge in [0.1, 0.15) is 6.54 Å². The van der Waals surface area contributed by atoms with Crippen molar-refractivity contribution in [3.63, 3.8) is 0 Å². The van der Waals surface area contributed by atoms with Gasteiger partial charge in [-0.2, -0.15) is 0 Å². The van der Waals surface area contributed by atoms with Crippen molar-refractivity contribution in [1.82, 2.24) is 0 Å². The number of anilines is 2. The highest BCUT2D eigenvalue weighted by molar-refractivity contribution is 9.10. The third-order valence-corrected chi connectivity index (χ3v) is 6.15. The summed E-state index contributed by atoms with van der Waals surface area (Å²) in [6.45, 7) is 2.41. The summed E-state index contributed by atoms with van der Waals surface area (Å²) in [4.78, 5) is 22.2. The topological polar surface area (TPSA) is 104 Å². The molecule has 1 amide bonds.